The SMILES string of the molecule is Fc1cccc(Nc2ncnc3ccc(N4CC5(CCN5)C4)nc23)c1F. The lowest BCUT2D eigenvalue weighted by molar-refractivity contribution is 0.159. The number of fused-ring (bicyclic) bond motifs is 1. The van der Waals surface area contributed by atoms with Crippen molar-refractivity contribution in [2.75, 3.05) is 29.9 Å². The number of halogens is 2. The van der Waals surface area contributed by atoms with E-state index in [9.17, 15) is 8.78 Å². The Kier molecular flexibility index (Phi) is 3.30. The number of benzene rings is 1. The molecule has 2 aliphatic rings. The van der Waals surface area contributed by atoms with Gasteiger partial charge in [-0.1, -0.05) is 6.07 Å². The molecule has 0 saturated carbocycles. The Labute approximate surface area is 148 Å². The summed E-state index contributed by atoms with van der Waals surface area (Å²) in [6.45, 7) is 2.90. The number of anilines is 3. The molecule has 0 bridgehead atoms. The highest BCUT2D eigenvalue weighted by Crippen LogP contribution is 2.34. The molecule has 0 radical (unpaired) electrons. The molecule has 0 amide bonds. The van der Waals surface area contributed by atoms with Crippen molar-refractivity contribution < 1.29 is 8.78 Å². The van der Waals surface area contributed by atoms with E-state index in [1.54, 1.807) is 0 Å². The van der Waals surface area contributed by atoms with Crippen LogP contribution in [0.25, 0.3) is 11.0 Å². The van der Waals surface area contributed by atoms with E-state index in [0.29, 0.717) is 16.9 Å². The average molecular weight is 354 g/mol. The molecule has 1 aromatic carbocycles. The molecular weight excluding hydrogens is 338 g/mol. The van der Waals surface area contributed by atoms with Gasteiger partial charge < -0.3 is 15.5 Å². The van der Waals surface area contributed by atoms with Crippen LogP contribution >= 0.6 is 0 Å². The van der Waals surface area contributed by atoms with Crippen LogP contribution in [0.4, 0.5) is 26.1 Å². The van der Waals surface area contributed by atoms with Crippen LogP contribution in [0, 0.1) is 11.6 Å². The number of nitrogens with one attached hydrogen (secondary N) is 2. The Morgan fingerprint density at radius 2 is 1.96 bits per heavy atom. The molecule has 26 heavy (non-hydrogen) atoms. The molecule has 1 spiro atoms. The number of nitrogens with zero attached hydrogens (tertiary/aromatic N) is 4. The first-order chi connectivity index (χ1) is 12.6. The molecule has 3 aromatic rings. The predicted molar refractivity (Wildman–Crippen MR) is 94.5 cm³/mol. The van der Waals surface area contributed by atoms with Crippen molar-refractivity contribution in [1.82, 2.24) is 20.3 Å². The van der Waals surface area contributed by atoms with Gasteiger partial charge in [-0.05, 0) is 37.2 Å². The van der Waals surface area contributed by atoms with Crippen LogP contribution in [0.1, 0.15) is 6.42 Å². The number of pyridine rings is 1. The standard InChI is InChI=1S/C18H16F2N6/c19-11-2-1-3-12(15(11)20)24-17-16-13(21-10-22-17)4-5-14(25-16)26-8-18(9-26)6-7-23-18/h1-5,10,23H,6-9H2,(H,21,22,24). The van der Waals surface area contributed by atoms with Crippen LogP contribution in [-0.2, 0) is 0 Å². The molecule has 8 heteroatoms. The second kappa shape index (κ2) is 5.57. The second-order valence-corrected chi connectivity index (χ2v) is 6.80. The van der Waals surface area contributed by atoms with Crippen molar-refractivity contribution in [1.29, 1.82) is 0 Å². The Bertz CT molecular complexity index is 996. The van der Waals surface area contributed by atoms with Crippen molar-refractivity contribution in [3.05, 3.63) is 48.3 Å². The van der Waals surface area contributed by atoms with Gasteiger partial charge in [0.2, 0.25) is 0 Å². The highest BCUT2D eigenvalue weighted by atomic mass is 19.2. The fraction of sp³-hybridized carbons (Fsp3) is 0.278. The third kappa shape index (κ3) is 2.37. The lowest BCUT2D eigenvalue weighted by atomic mass is 9.80. The molecule has 5 rings (SSSR count). The van der Waals surface area contributed by atoms with Crippen molar-refractivity contribution in [3.63, 3.8) is 0 Å². The maximum Gasteiger partial charge on any atom is 0.182 e. The number of rotatable bonds is 3. The molecule has 2 fully saturated rings. The summed E-state index contributed by atoms with van der Waals surface area (Å²) in [6.07, 6.45) is 2.56. The summed E-state index contributed by atoms with van der Waals surface area (Å²) in [5, 5.41) is 6.30. The molecular formula is C18H16F2N6. The van der Waals surface area contributed by atoms with E-state index in [2.05, 4.69) is 30.5 Å². The topological polar surface area (TPSA) is 66.0 Å². The Hall–Kier alpha value is -2.87. The van der Waals surface area contributed by atoms with Gasteiger partial charge in [0, 0.05) is 13.1 Å². The molecule has 132 valence electrons. The Morgan fingerprint density at radius 1 is 1.12 bits per heavy atom. The van der Waals surface area contributed by atoms with Gasteiger partial charge in [-0.2, -0.15) is 0 Å². The van der Waals surface area contributed by atoms with Crippen molar-refractivity contribution in [2.45, 2.75) is 12.0 Å². The quantitative estimate of drug-likeness (QED) is 0.754. The zero-order valence-corrected chi connectivity index (χ0v) is 13.8. The lowest BCUT2D eigenvalue weighted by Crippen LogP contribution is -2.76. The molecule has 2 aliphatic heterocycles. The summed E-state index contributed by atoms with van der Waals surface area (Å²) in [7, 11) is 0. The van der Waals surface area contributed by atoms with Gasteiger partial charge in [0.15, 0.2) is 17.5 Å². The van der Waals surface area contributed by atoms with E-state index >= 15 is 0 Å². The summed E-state index contributed by atoms with van der Waals surface area (Å²) in [6, 6.07) is 7.76. The normalized spacial score (nSPS) is 17.8. The Morgan fingerprint density at radius 3 is 2.73 bits per heavy atom. The molecule has 4 heterocycles. The van der Waals surface area contributed by atoms with E-state index in [1.165, 1.54) is 24.9 Å². The lowest BCUT2D eigenvalue weighted by Gasteiger charge is -2.56. The van der Waals surface area contributed by atoms with Crippen LogP contribution in [0.2, 0.25) is 0 Å². The minimum atomic E-state index is -0.948. The second-order valence-electron chi connectivity index (χ2n) is 6.80. The van der Waals surface area contributed by atoms with Crippen molar-refractivity contribution in [2.24, 2.45) is 0 Å². The molecule has 0 atom stereocenters. The monoisotopic (exact) mass is 354 g/mol. The summed E-state index contributed by atoms with van der Waals surface area (Å²) >= 11 is 0. The van der Waals surface area contributed by atoms with Gasteiger partial charge >= 0.3 is 0 Å². The highest BCUT2D eigenvalue weighted by molar-refractivity contribution is 5.88. The van der Waals surface area contributed by atoms with E-state index in [1.807, 2.05) is 12.1 Å². The summed E-state index contributed by atoms with van der Waals surface area (Å²) < 4.78 is 27.4. The summed E-state index contributed by atoms with van der Waals surface area (Å²) in [5.41, 5.74) is 1.42. The molecule has 0 aliphatic carbocycles. The first-order valence-electron chi connectivity index (χ1n) is 8.46. The number of hydrogen-bond acceptors (Lipinski definition) is 6. The van der Waals surface area contributed by atoms with Crippen LogP contribution in [0.15, 0.2) is 36.7 Å². The predicted octanol–water partition coefficient (Wildman–Crippen LogP) is 2.60. The van der Waals surface area contributed by atoms with Crippen molar-refractivity contribution >= 4 is 28.4 Å². The van der Waals surface area contributed by atoms with Gasteiger partial charge in [0.1, 0.15) is 17.7 Å². The maximum absolute atomic E-state index is 14.0. The van der Waals surface area contributed by atoms with E-state index in [-0.39, 0.29) is 11.2 Å². The Balaban J connectivity index is 1.49. The smallest absolute Gasteiger partial charge is 0.182 e. The molecule has 2 aromatic heterocycles. The fourth-order valence-corrected chi connectivity index (χ4v) is 3.52. The maximum atomic E-state index is 14.0. The van der Waals surface area contributed by atoms with Gasteiger partial charge in [-0.25, -0.2) is 23.7 Å². The van der Waals surface area contributed by atoms with Crippen LogP contribution in [0.3, 0.4) is 0 Å². The third-order valence-corrected chi connectivity index (χ3v) is 5.09. The molecule has 0 unspecified atom stereocenters. The summed E-state index contributed by atoms with van der Waals surface area (Å²) in [5.74, 6) is -0.690. The number of hydrogen-bond donors (Lipinski definition) is 2. The molecule has 6 nitrogen and oxygen atoms in total. The van der Waals surface area contributed by atoms with Crippen LogP contribution in [-0.4, -0.2) is 40.1 Å². The van der Waals surface area contributed by atoms with Gasteiger partial charge in [0.25, 0.3) is 0 Å². The first kappa shape index (κ1) is 15.4. The third-order valence-electron chi connectivity index (χ3n) is 5.09. The van der Waals surface area contributed by atoms with Gasteiger partial charge in [-0.15, -0.1) is 0 Å². The zero-order chi connectivity index (χ0) is 17.7. The number of aromatic nitrogens is 3. The van der Waals surface area contributed by atoms with Gasteiger partial charge in [0.05, 0.1) is 16.7 Å². The molecule has 2 saturated heterocycles. The van der Waals surface area contributed by atoms with E-state index in [4.69, 9.17) is 0 Å². The average Bonchev–Trinajstić information content (AvgIpc) is 2.57. The summed E-state index contributed by atoms with van der Waals surface area (Å²) in [4.78, 5) is 15.2. The molecule has 2 N–H and O–H groups in total. The largest absolute Gasteiger partial charge is 0.353 e. The minimum absolute atomic E-state index is 0.0128. The van der Waals surface area contributed by atoms with E-state index in [0.717, 1.165) is 31.5 Å². The zero-order valence-electron chi connectivity index (χ0n) is 13.8. The minimum Gasteiger partial charge on any atom is -0.353 e. The van der Waals surface area contributed by atoms with Gasteiger partial charge in [-0.3, -0.25) is 0 Å². The highest BCUT2D eigenvalue weighted by Gasteiger charge is 2.47. The van der Waals surface area contributed by atoms with Crippen LogP contribution < -0.4 is 15.5 Å². The van der Waals surface area contributed by atoms with Crippen LogP contribution in [0.5, 0.6) is 0 Å². The first-order valence-corrected chi connectivity index (χ1v) is 8.46. The van der Waals surface area contributed by atoms with Crippen molar-refractivity contribution in [3.8, 4) is 0 Å². The fourth-order valence-electron chi connectivity index (χ4n) is 3.52. The van der Waals surface area contributed by atoms with E-state index < -0.39 is 11.6 Å².